The van der Waals surface area contributed by atoms with E-state index in [4.69, 9.17) is 16.3 Å². The summed E-state index contributed by atoms with van der Waals surface area (Å²) in [6.07, 6.45) is 5.51. The third-order valence-electron chi connectivity index (χ3n) is 4.05. The minimum Gasteiger partial charge on any atom is -0.465 e. The second-order valence-electron chi connectivity index (χ2n) is 5.79. The SMILES string of the molecule is COC(=O)c1cccc(Cn2ccnc2CCc2ccc(Cl)cc2)c1. The highest BCUT2D eigenvalue weighted by molar-refractivity contribution is 6.30. The fraction of sp³-hybridized carbons (Fsp3) is 0.200. The van der Waals surface area contributed by atoms with Crippen LogP contribution >= 0.6 is 11.6 Å². The molecule has 0 aliphatic rings. The van der Waals surface area contributed by atoms with Crippen molar-refractivity contribution < 1.29 is 9.53 Å². The lowest BCUT2D eigenvalue weighted by Crippen LogP contribution is -2.07. The van der Waals surface area contributed by atoms with Crippen LogP contribution in [0, 0.1) is 0 Å². The van der Waals surface area contributed by atoms with Crippen molar-refractivity contribution in [1.29, 1.82) is 0 Å². The lowest BCUT2D eigenvalue weighted by atomic mass is 10.1. The van der Waals surface area contributed by atoms with Gasteiger partial charge >= 0.3 is 5.97 Å². The van der Waals surface area contributed by atoms with Gasteiger partial charge in [0.2, 0.25) is 0 Å². The molecule has 0 atom stereocenters. The molecule has 0 radical (unpaired) electrons. The molecule has 0 spiro atoms. The molecule has 0 unspecified atom stereocenters. The number of rotatable bonds is 6. The van der Waals surface area contributed by atoms with Gasteiger partial charge in [-0.25, -0.2) is 9.78 Å². The van der Waals surface area contributed by atoms with Crippen LogP contribution in [0.2, 0.25) is 5.02 Å². The van der Waals surface area contributed by atoms with Crippen molar-refractivity contribution in [3.63, 3.8) is 0 Å². The van der Waals surface area contributed by atoms with E-state index in [1.54, 1.807) is 12.3 Å². The Bertz CT molecular complexity index is 856. The van der Waals surface area contributed by atoms with E-state index in [0.717, 1.165) is 29.3 Å². The summed E-state index contributed by atoms with van der Waals surface area (Å²) >= 11 is 5.92. The maximum atomic E-state index is 11.7. The standard InChI is InChI=1S/C20H19ClN2O2/c1-25-20(24)17-4-2-3-16(13-17)14-23-12-11-22-19(23)10-7-15-5-8-18(21)9-6-15/h2-6,8-9,11-13H,7,10,14H2,1H3. The number of hydrogen-bond donors (Lipinski definition) is 0. The summed E-state index contributed by atoms with van der Waals surface area (Å²) < 4.78 is 6.88. The zero-order chi connectivity index (χ0) is 17.6. The van der Waals surface area contributed by atoms with Gasteiger partial charge < -0.3 is 9.30 Å². The molecule has 0 amide bonds. The fourth-order valence-electron chi connectivity index (χ4n) is 2.73. The van der Waals surface area contributed by atoms with Gasteiger partial charge in [-0.3, -0.25) is 0 Å². The lowest BCUT2D eigenvalue weighted by Gasteiger charge is -2.09. The van der Waals surface area contributed by atoms with Gasteiger partial charge in [-0.1, -0.05) is 35.9 Å². The van der Waals surface area contributed by atoms with Crippen molar-refractivity contribution in [2.75, 3.05) is 7.11 Å². The van der Waals surface area contributed by atoms with Crippen molar-refractivity contribution in [3.8, 4) is 0 Å². The summed E-state index contributed by atoms with van der Waals surface area (Å²) in [5.41, 5.74) is 2.82. The molecule has 25 heavy (non-hydrogen) atoms. The summed E-state index contributed by atoms with van der Waals surface area (Å²) in [6, 6.07) is 15.4. The van der Waals surface area contributed by atoms with E-state index in [-0.39, 0.29) is 5.97 Å². The second-order valence-corrected chi connectivity index (χ2v) is 6.23. The van der Waals surface area contributed by atoms with Crippen LogP contribution in [0.3, 0.4) is 0 Å². The maximum Gasteiger partial charge on any atom is 0.337 e. The van der Waals surface area contributed by atoms with E-state index < -0.39 is 0 Å². The molecule has 0 fully saturated rings. The molecule has 2 aromatic carbocycles. The molecule has 3 rings (SSSR count). The quantitative estimate of drug-likeness (QED) is 0.624. The summed E-state index contributed by atoms with van der Waals surface area (Å²) in [6.45, 7) is 0.667. The van der Waals surface area contributed by atoms with Gasteiger partial charge in [0.15, 0.2) is 0 Å². The lowest BCUT2D eigenvalue weighted by molar-refractivity contribution is 0.0600. The second kappa shape index (κ2) is 7.99. The number of hydrogen-bond acceptors (Lipinski definition) is 3. The highest BCUT2D eigenvalue weighted by Gasteiger charge is 2.08. The Morgan fingerprint density at radius 3 is 2.68 bits per heavy atom. The molecule has 128 valence electrons. The fourth-order valence-corrected chi connectivity index (χ4v) is 2.86. The molecule has 3 aromatic rings. The smallest absolute Gasteiger partial charge is 0.337 e. The molecule has 0 aliphatic heterocycles. The summed E-state index contributed by atoms with van der Waals surface area (Å²) in [4.78, 5) is 16.1. The first-order valence-corrected chi connectivity index (χ1v) is 8.45. The number of carbonyl (C=O) groups excluding carboxylic acids is 1. The topological polar surface area (TPSA) is 44.1 Å². The Kier molecular flexibility index (Phi) is 5.51. The van der Waals surface area contributed by atoms with Crippen LogP contribution in [0.5, 0.6) is 0 Å². The average Bonchev–Trinajstić information content (AvgIpc) is 3.08. The molecule has 0 saturated carbocycles. The maximum absolute atomic E-state index is 11.7. The summed E-state index contributed by atoms with van der Waals surface area (Å²) in [7, 11) is 1.39. The van der Waals surface area contributed by atoms with Gasteiger partial charge in [0.25, 0.3) is 0 Å². The Morgan fingerprint density at radius 1 is 1.12 bits per heavy atom. The molecule has 4 nitrogen and oxygen atoms in total. The van der Waals surface area contributed by atoms with E-state index in [2.05, 4.69) is 9.55 Å². The van der Waals surface area contributed by atoms with Crippen molar-refractivity contribution in [2.24, 2.45) is 0 Å². The Labute approximate surface area is 152 Å². The minimum atomic E-state index is -0.324. The van der Waals surface area contributed by atoms with E-state index in [1.165, 1.54) is 12.7 Å². The Morgan fingerprint density at radius 2 is 1.92 bits per heavy atom. The van der Waals surface area contributed by atoms with Gasteiger partial charge in [0, 0.05) is 30.4 Å². The Balaban J connectivity index is 1.69. The first-order valence-electron chi connectivity index (χ1n) is 8.07. The highest BCUT2D eigenvalue weighted by Crippen LogP contribution is 2.13. The number of halogens is 1. The first kappa shape index (κ1) is 17.2. The molecule has 0 saturated heterocycles. The van der Waals surface area contributed by atoms with Crippen LogP contribution < -0.4 is 0 Å². The molecule has 0 bridgehead atoms. The van der Waals surface area contributed by atoms with E-state index in [0.29, 0.717) is 12.1 Å². The minimum absolute atomic E-state index is 0.324. The van der Waals surface area contributed by atoms with Crippen molar-refractivity contribution in [3.05, 3.63) is 88.5 Å². The van der Waals surface area contributed by atoms with Gasteiger partial charge in [-0.05, 0) is 41.8 Å². The molecular formula is C20H19ClN2O2. The van der Waals surface area contributed by atoms with Crippen LogP contribution in [0.4, 0.5) is 0 Å². The van der Waals surface area contributed by atoms with Gasteiger partial charge in [0.1, 0.15) is 5.82 Å². The molecule has 1 heterocycles. The highest BCUT2D eigenvalue weighted by atomic mass is 35.5. The summed E-state index contributed by atoms with van der Waals surface area (Å²) in [5.74, 6) is 0.689. The van der Waals surface area contributed by atoms with Gasteiger partial charge in [-0.2, -0.15) is 0 Å². The van der Waals surface area contributed by atoms with Crippen LogP contribution in [0.1, 0.15) is 27.3 Å². The number of aryl methyl sites for hydroxylation is 2. The number of imidazole rings is 1. The average molecular weight is 355 g/mol. The monoisotopic (exact) mass is 354 g/mol. The number of benzene rings is 2. The molecule has 1 aromatic heterocycles. The molecule has 0 N–H and O–H groups in total. The number of nitrogens with zero attached hydrogens (tertiary/aromatic N) is 2. The van der Waals surface area contributed by atoms with Crippen LogP contribution in [-0.4, -0.2) is 22.6 Å². The van der Waals surface area contributed by atoms with E-state index in [1.807, 2.05) is 48.7 Å². The predicted molar refractivity (Wildman–Crippen MR) is 98.0 cm³/mol. The zero-order valence-corrected chi connectivity index (χ0v) is 14.7. The zero-order valence-electron chi connectivity index (χ0n) is 14.0. The van der Waals surface area contributed by atoms with Gasteiger partial charge in [0.05, 0.1) is 12.7 Å². The Hall–Kier alpha value is -2.59. The normalized spacial score (nSPS) is 10.6. The number of methoxy groups -OCH3 is 1. The summed E-state index contributed by atoms with van der Waals surface area (Å²) in [5, 5.41) is 0.746. The first-order chi connectivity index (χ1) is 12.2. The number of esters is 1. The molecule has 5 heteroatoms. The van der Waals surface area contributed by atoms with Crippen LogP contribution in [0.25, 0.3) is 0 Å². The van der Waals surface area contributed by atoms with Gasteiger partial charge in [-0.15, -0.1) is 0 Å². The van der Waals surface area contributed by atoms with Crippen LogP contribution in [0.15, 0.2) is 60.9 Å². The van der Waals surface area contributed by atoms with Crippen LogP contribution in [-0.2, 0) is 24.1 Å². The van der Waals surface area contributed by atoms with Crippen molar-refractivity contribution >= 4 is 17.6 Å². The third kappa shape index (κ3) is 4.48. The number of aromatic nitrogens is 2. The largest absolute Gasteiger partial charge is 0.465 e. The molecular weight excluding hydrogens is 336 g/mol. The third-order valence-corrected chi connectivity index (χ3v) is 4.31. The number of ether oxygens (including phenoxy) is 1. The molecule has 0 aliphatic carbocycles. The van der Waals surface area contributed by atoms with E-state index in [9.17, 15) is 4.79 Å². The number of carbonyl (C=O) groups is 1. The van der Waals surface area contributed by atoms with E-state index >= 15 is 0 Å². The van der Waals surface area contributed by atoms with Crippen molar-refractivity contribution in [2.45, 2.75) is 19.4 Å². The predicted octanol–water partition coefficient (Wildman–Crippen LogP) is 4.16. The van der Waals surface area contributed by atoms with Crippen molar-refractivity contribution in [1.82, 2.24) is 9.55 Å².